The van der Waals surface area contributed by atoms with Crippen LogP contribution in [0.4, 0.5) is 5.69 Å². The summed E-state index contributed by atoms with van der Waals surface area (Å²) in [6.45, 7) is 0. The van der Waals surface area contributed by atoms with Crippen molar-refractivity contribution in [1.29, 1.82) is 0 Å². The Balaban J connectivity index is 1.88. The van der Waals surface area contributed by atoms with Crippen molar-refractivity contribution in [2.75, 3.05) is 0 Å². The average molecular weight is 377 g/mol. The molecule has 0 amide bonds. The summed E-state index contributed by atoms with van der Waals surface area (Å²) < 4.78 is 0. The molecule has 4 aromatic carbocycles. The standard InChI is InChI=1S/C26H19NO2/c28-27(29)23-17-15-22(16-18-23)24-13-7-8-14-25(24)26(21-11-5-2-6-12-21)19-20-9-3-1-4-10-20/h1-19H/b26-19+. The van der Waals surface area contributed by atoms with Gasteiger partial charge in [-0.1, -0.05) is 84.9 Å². The van der Waals surface area contributed by atoms with Crippen LogP contribution in [0.2, 0.25) is 0 Å². The van der Waals surface area contributed by atoms with Crippen LogP contribution in [0.3, 0.4) is 0 Å². The Labute approximate surface area is 169 Å². The lowest BCUT2D eigenvalue weighted by Crippen LogP contribution is -1.93. The largest absolute Gasteiger partial charge is 0.269 e. The van der Waals surface area contributed by atoms with Crippen LogP contribution >= 0.6 is 0 Å². The molecule has 0 saturated heterocycles. The second-order valence-corrected chi connectivity index (χ2v) is 6.68. The lowest BCUT2D eigenvalue weighted by molar-refractivity contribution is -0.384. The van der Waals surface area contributed by atoms with Crippen LogP contribution in [0.1, 0.15) is 16.7 Å². The van der Waals surface area contributed by atoms with Crippen molar-refractivity contribution >= 4 is 17.3 Å². The third-order valence-electron chi connectivity index (χ3n) is 4.80. The molecule has 0 heterocycles. The van der Waals surface area contributed by atoms with Crippen LogP contribution in [0, 0.1) is 10.1 Å². The predicted octanol–water partition coefficient (Wildman–Crippen LogP) is 6.85. The van der Waals surface area contributed by atoms with Gasteiger partial charge in [-0.25, -0.2) is 0 Å². The predicted molar refractivity (Wildman–Crippen MR) is 118 cm³/mol. The van der Waals surface area contributed by atoms with Crippen LogP contribution in [0.15, 0.2) is 109 Å². The molecule has 0 saturated carbocycles. The summed E-state index contributed by atoms with van der Waals surface area (Å²) in [7, 11) is 0. The SMILES string of the molecule is O=[N+]([O-])c1ccc(-c2ccccc2/C(=C/c2ccccc2)c2ccccc2)cc1. The van der Waals surface area contributed by atoms with Gasteiger partial charge in [-0.15, -0.1) is 0 Å². The van der Waals surface area contributed by atoms with Gasteiger partial charge in [-0.3, -0.25) is 10.1 Å². The van der Waals surface area contributed by atoms with Gasteiger partial charge in [-0.2, -0.15) is 0 Å². The number of nitro benzene ring substituents is 1. The topological polar surface area (TPSA) is 43.1 Å². The van der Waals surface area contributed by atoms with Crippen molar-refractivity contribution in [3.05, 3.63) is 136 Å². The van der Waals surface area contributed by atoms with Gasteiger partial charge in [0.25, 0.3) is 5.69 Å². The molecule has 3 nitrogen and oxygen atoms in total. The zero-order chi connectivity index (χ0) is 20.1. The molecule has 3 heteroatoms. The number of nitro groups is 1. The number of hydrogen-bond donors (Lipinski definition) is 0. The van der Waals surface area contributed by atoms with E-state index in [4.69, 9.17) is 0 Å². The molecule has 0 aliphatic heterocycles. The van der Waals surface area contributed by atoms with E-state index in [0.29, 0.717) is 0 Å². The molecule has 4 aromatic rings. The quantitative estimate of drug-likeness (QED) is 0.217. The minimum absolute atomic E-state index is 0.0920. The fourth-order valence-corrected chi connectivity index (χ4v) is 3.38. The molecule has 0 atom stereocenters. The second-order valence-electron chi connectivity index (χ2n) is 6.68. The van der Waals surface area contributed by atoms with Crippen molar-refractivity contribution in [2.45, 2.75) is 0 Å². The summed E-state index contributed by atoms with van der Waals surface area (Å²) in [5.74, 6) is 0. The molecule has 0 spiro atoms. The van der Waals surface area contributed by atoms with Crippen LogP contribution in [0.25, 0.3) is 22.8 Å². The molecule has 4 rings (SSSR count). The van der Waals surface area contributed by atoms with Crippen molar-refractivity contribution in [3.63, 3.8) is 0 Å². The molecular weight excluding hydrogens is 358 g/mol. The third-order valence-corrected chi connectivity index (χ3v) is 4.80. The summed E-state index contributed by atoms with van der Waals surface area (Å²) in [5.41, 5.74) is 6.49. The van der Waals surface area contributed by atoms with Gasteiger partial charge >= 0.3 is 0 Å². The van der Waals surface area contributed by atoms with E-state index in [-0.39, 0.29) is 10.6 Å². The molecule has 29 heavy (non-hydrogen) atoms. The molecule has 0 aromatic heterocycles. The number of rotatable bonds is 5. The molecule has 0 radical (unpaired) electrons. The zero-order valence-electron chi connectivity index (χ0n) is 15.7. The van der Waals surface area contributed by atoms with E-state index in [1.54, 1.807) is 12.1 Å². The van der Waals surface area contributed by atoms with Gasteiger partial charge in [0.15, 0.2) is 0 Å². The molecular formula is C26H19NO2. The fraction of sp³-hybridized carbons (Fsp3) is 0. The highest BCUT2D eigenvalue weighted by molar-refractivity contribution is 5.96. The van der Waals surface area contributed by atoms with E-state index in [9.17, 15) is 10.1 Å². The number of non-ortho nitro benzene ring substituents is 1. The Kier molecular flexibility index (Phi) is 5.30. The first-order chi connectivity index (χ1) is 14.2. The van der Waals surface area contributed by atoms with Gasteiger partial charge in [0.1, 0.15) is 0 Å². The number of hydrogen-bond acceptors (Lipinski definition) is 2. The Bertz CT molecular complexity index is 1150. The minimum atomic E-state index is -0.375. The molecule has 140 valence electrons. The smallest absolute Gasteiger partial charge is 0.258 e. The first-order valence-corrected chi connectivity index (χ1v) is 9.39. The summed E-state index contributed by atoms with van der Waals surface area (Å²) in [5, 5.41) is 11.0. The van der Waals surface area contributed by atoms with Crippen LogP contribution < -0.4 is 0 Å². The van der Waals surface area contributed by atoms with E-state index >= 15 is 0 Å². The van der Waals surface area contributed by atoms with E-state index in [0.717, 1.165) is 33.4 Å². The lowest BCUT2D eigenvalue weighted by atomic mass is 9.89. The van der Waals surface area contributed by atoms with Crippen LogP contribution in [-0.4, -0.2) is 4.92 Å². The fourth-order valence-electron chi connectivity index (χ4n) is 3.38. The van der Waals surface area contributed by atoms with Gasteiger partial charge < -0.3 is 0 Å². The highest BCUT2D eigenvalue weighted by Crippen LogP contribution is 2.34. The number of benzene rings is 4. The lowest BCUT2D eigenvalue weighted by Gasteiger charge is -2.14. The van der Waals surface area contributed by atoms with Gasteiger partial charge in [0, 0.05) is 12.1 Å². The monoisotopic (exact) mass is 377 g/mol. The summed E-state index contributed by atoms with van der Waals surface area (Å²) in [6, 6.07) is 35.4. The molecule has 0 N–H and O–H groups in total. The molecule has 0 fully saturated rings. The summed E-state index contributed by atoms with van der Waals surface area (Å²) in [4.78, 5) is 10.6. The number of nitrogens with zero attached hydrogens (tertiary/aromatic N) is 1. The van der Waals surface area contributed by atoms with Crippen LogP contribution in [0.5, 0.6) is 0 Å². The second kappa shape index (κ2) is 8.36. The molecule has 0 unspecified atom stereocenters. The van der Waals surface area contributed by atoms with E-state index in [2.05, 4.69) is 42.5 Å². The maximum absolute atomic E-state index is 11.0. The molecule has 0 bridgehead atoms. The summed E-state index contributed by atoms with van der Waals surface area (Å²) >= 11 is 0. The van der Waals surface area contributed by atoms with Crippen molar-refractivity contribution in [2.24, 2.45) is 0 Å². The first kappa shape index (κ1) is 18.4. The maximum Gasteiger partial charge on any atom is 0.269 e. The van der Waals surface area contributed by atoms with E-state index in [1.807, 2.05) is 60.7 Å². The Morgan fingerprint density at radius 2 is 1.28 bits per heavy atom. The average Bonchev–Trinajstić information content (AvgIpc) is 2.79. The Morgan fingerprint density at radius 1 is 0.690 bits per heavy atom. The third kappa shape index (κ3) is 4.14. The van der Waals surface area contributed by atoms with E-state index < -0.39 is 0 Å². The minimum Gasteiger partial charge on any atom is -0.258 e. The molecule has 0 aliphatic carbocycles. The maximum atomic E-state index is 11.0. The van der Waals surface area contributed by atoms with Gasteiger partial charge in [0.05, 0.1) is 4.92 Å². The van der Waals surface area contributed by atoms with Gasteiger partial charge in [-0.05, 0) is 51.6 Å². The first-order valence-electron chi connectivity index (χ1n) is 9.39. The molecule has 0 aliphatic rings. The Morgan fingerprint density at radius 3 is 1.93 bits per heavy atom. The van der Waals surface area contributed by atoms with Crippen LogP contribution in [-0.2, 0) is 0 Å². The zero-order valence-corrected chi connectivity index (χ0v) is 15.7. The summed E-state index contributed by atoms with van der Waals surface area (Å²) in [6.07, 6.45) is 2.18. The van der Waals surface area contributed by atoms with Crippen molar-refractivity contribution in [3.8, 4) is 11.1 Å². The Hall–Kier alpha value is -3.98. The van der Waals surface area contributed by atoms with Crippen molar-refractivity contribution < 1.29 is 4.92 Å². The highest BCUT2D eigenvalue weighted by Gasteiger charge is 2.13. The van der Waals surface area contributed by atoms with Crippen molar-refractivity contribution in [1.82, 2.24) is 0 Å². The van der Waals surface area contributed by atoms with E-state index in [1.165, 1.54) is 0 Å². The highest BCUT2D eigenvalue weighted by atomic mass is 16.6. The van der Waals surface area contributed by atoms with Gasteiger partial charge in [0.2, 0.25) is 0 Å². The normalized spacial score (nSPS) is 11.2.